The third-order valence-electron chi connectivity index (χ3n) is 8.87. The SMILES string of the molecule is COc1ccc([C@@H]2[C@@H](C(=O)c3ccccc3)N3c4ccc(Cl)cc4C=C[C@@H]3C23C(=O)c2ccccc2C3=O)c(OC)c1. The number of hydrogen-bond donors (Lipinski definition) is 0. The van der Waals surface area contributed by atoms with Gasteiger partial charge in [-0.1, -0.05) is 84.4 Å². The van der Waals surface area contributed by atoms with Crippen molar-refractivity contribution in [1.29, 1.82) is 0 Å². The van der Waals surface area contributed by atoms with Crippen molar-refractivity contribution < 1.29 is 23.9 Å². The van der Waals surface area contributed by atoms with Crippen molar-refractivity contribution >= 4 is 40.7 Å². The van der Waals surface area contributed by atoms with Crippen LogP contribution in [0.15, 0.2) is 97.1 Å². The minimum Gasteiger partial charge on any atom is -0.497 e. The van der Waals surface area contributed by atoms with Crippen LogP contribution in [-0.4, -0.2) is 43.7 Å². The second-order valence-corrected chi connectivity index (χ2v) is 11.2. The van der Waals surface area contributed by atoms with E-state index in [0.717, 1.165) is 11.3 Å². The Morgan fingerprint density at radius 2 is 1.52 bits per heavy atom. The van der Waals surface area contributed by atoms with E-state index >= 15 is 0 Å². The fraction of sp³-hybridized carbons (Fsp3) is 0.171. The van der Waals surface area contributed by atoms with Crippen LogP contribution in [0, 0.1) is 5.41 Å². The zero-order valence-corrected chi connectivity index (χ0v) is 23.7. The summed E-state index contributed by atoms with van der Waals surface area (Å²) in [7, 11) is 3.09. The molecular weight excluding hydrogens is 550 g/mol. The molecule has 3 aliphatic rings. The molecule has 7 heteroatoms. The molecule has 7 rings (SSSR count). The van der Waals surface area contributed by atoms with Gasteiger partial charge in [-0.15, -0.1) is 0 Å². The van der Waals surface area contributed by atoms with E-state index in [1.807, 2.05) is 53.5 Å². The van der Waals surface area contributed by atoms with Crippen molar-refractivity contribution in [1.82, 2.24) is 0 Å². The number of nitrogens with zero attached hydrogens (tertiary/aromatic N) is 1. The molecule has 0 N–H and O–H groups in total. The van der Waals surface area contributed by atoms with Crippen LogP contribution in [0.4, 0.5) is 5.69 Å². The van der Waals surface area contributed by atoms with E-state index in [-0.39, 0.29) is 17.3 Å². The molecule has 2 heterocycles. The molecule has 1 aliphatic carbocycles. The molecule has 2 aliphatic heterocycles. The van der Waals surface area contributed by atoms with Gasteiger partial charge in [0, 0.05) is 44.9 Å². The van der Waals surface area contributed by atoms with Gasteiger partial charge in [0.2, 0.25) is 0 Å². The third-order valence-corrected chi connectivity index (χ3v) is 9.10. The second-order valence-electron chi connectivity index (χ2n) is 10.7. The highest BCUT2D eigenvalue weighted by Crippen LogP contribution is 2.62. The first-order valence-electron chi connectivity index (χ1n) is 13.7. The third kappa shape index (κ3) is 3.48. The first kappa shape index (κ1) is 26.2. The van der Waals surface area contributed by atoms with Crippen LogP contribution in [0.25, 0.3) is 6.08 Å². The number of carbonyl (C=O) groups is 3. The molecule has 1 saturated heterocycles. The monoisotopic (exact) mass is 575 g/mol. The Labute approximate surface area is 248 Å². The highest BCUT2D eigenvalue weighted by Gasteiger charge is 2.72. The number of ketones is 3. The Kier molecular flexibility index (Phi) is 6.06. The van der Waals surface area contributed by atoms with E-state index in [0.29, 0.717) is 38.8 Å². The lowest BCUT2D eigenvalue weighted by Gasteiger charge is -2.37. The lowest BCUT2D eigenvalue weighted by Crippen LogP contribution is -2.48. The quantitative estimate of drug-likeness (QED) is 0.195. The van der Waals surface area contributed by atoms with Gasteiger partial charge in [-0.3, -0.25) is 14.4 Å². The van der Waals surface area contributed by atoms with Gasteiger partial charge in [-0.25, -0.2) is 0 Å². The maximum Gasteiger partial charge on any atom is 0.185 e. The average molecular weight is 576 g/mol. The highest BCUT2D eigenvalue weighted by atomic mass is 35.5. The molecule has 0 amide bonds. The Balaban J connectivity index is 1.57. The molecule has 4 aromatic rings. The Morgan fingerprint density at radius 1 is 0.833 bits per heavy atom. The van der Waals surface area contributed by atoms with Crippen molar-refractivity contribution in [3.05, 3.63) is 130 Å². The number of fused-ring (bicyclic) bond motifs is 5. The van der Waals surface area contributed by atoms with Crippen molar-refractivity contribution in [2.45, 2.75) is 18.0 Å². The average Bonchev–Trinajstić information content (AvgIpc) is 3.46. The zero-order valence-electron chi connectivity index (χ0n) is 22.9. The van der Waals surface area contributed by atoms with Crippen LogP contribution in [0.3, 0.4) is 0 Å². The number of anilines is 1. The van der Waals surface area contributed by atoms with Crippen LogP contribution in [-0.2, 0) is 0 Å². The second kappa shape index (κ2) is 9.71. The minimum absolute atomic E-state index is 0.201. The number of benzene rings is 4. The van der Waals surface area contributed by atoms with Gasteiger partial charge in [-0.05, 0) is 29.8 Å². The van der Waals surface area contributed by atoms with Gasteiger partial charge in [0.1, 0.15) is 23.0 Å². The summed E-state index contributed by atoms with van der Waals surface area (Å²) in [6.45, 7) is 0. The van der Waals surface area contributed by atoms with Gasteiger partial charge in [0.05, 0.1) is 20.3 Å². The Hall–Kier alpha value is -4.68. The topological polar surface area (TPSA) is 72.9 Å². The van der Waals surface area contributed by atoms with E-state index in [9.17, 15) is 14.4 Å². The molecule has 0 bridgehead atoms. The number of rotatable bonds is 5. The number of halogens is 1. The highest BCUT2D eigenvalue weighted by molar-refractivity contribution is 6.33. The summed E-state index contributed by atoms with van der Waals surface area (Å²) in [6.07, 6.45) is 3.77. The van der Waals surface area contributed by atoms with Crippen molar-refractivity contribution in [2.75, 3.05) is 19.1 Å². The Bertz CT molecular complexity index is 1780. The number of methoxy groups -OCH3 is 2. The molecule has 0 radical (unpaired) electrons. The molecule has 1 fully saturated rings. The van der Waals surface area contributed by atoms with Crippen molar-refractivity contribution in [3.8, 4) is 11.5 Å². The zero-order chi connectivity index (χ0) is 29.2. The number of hydrogen-bond acceptors (Lipinski definition) is 6. The number of Topliss-reactive ketones (excluding diaryl/α,β-unsaturated/α-hetero) is 3. The lowest BCUT2D eigenvalue weighted by atomic mass is 9.64. The standard InChI is InChI=1S/C35H26ClNO5/c1-41-23-14-15-26(28(19-23)42-2)30-31(32(38)20-8-4-3-5-9-20)37-27-16-13-22(36)18-21(27)12-17-29(37)35(30)33(39)24-10-6-7-11-25(24)34(35)40/h3-19,29-31H,1-2H3/t29-,30-,31+/m1/s1. The summed E-state index contributed by atoms with van der Waals surface area (Å²) < 4.78 is 11.3. The van der Waals surface area contributed by atoms with Gasteiger partial charge < -0.3 is 14.4 Å². The van der Waals surface area contributed by atoms with E-state index < -0.39 is 23.4 Å². The summed E-state index contributed by atoms with van der Waals surface area (Å²) in [5, 5.41) is 0.547. The molecular formula is C35H26ClNO5. The van der Waals surface area contributed by atoms with Gasteiger partial charge in [0.15, 0.2) is 17.3 Å². The minimum atomic E-state index is -1.63. The maximum absolute atomic E-state index is 14.8. The smallest absolute Gasteiger partial charge is 0.185 e. The van der Waals surface area contributed by atoms with E-state index in [2.05, 4.69) is 0 Å². The van der Waals surface area contributed by atoms with Crippen LogP contribution < -0.4 is 14.4 Å². The van der Waals surface area contributed by atoms with E-state index in [4.69, 9.17) is 21.1 Å². The van der Waals surface area contributed by atoms with Crippen LogP contribution in [0.1, 0.15) is 48.1 Å². The first-order valence-corrected chi connectivity index (χ1v) is 14.1. The summed E-state index contributed by atoms with van der Waals surface area (Å²) in [5.41, 5.74) is 1.70. The summed E-state index contributed by atoms with van der Waals surface area (Å²) in [4.78, 5) is 46.3. The predicted molar refractivity (Wildman–Crippen MR) is 161 cm³/mol. The van der Waals surface area contributed by atoms with Crippen molar-refractivity contribution in [2.24, 2.45) is 5.41 Å². The molecule has 3 atom stereocenters. The van der Waals surface area contributed by atoms with E-state index in [1.165, 1.54) is 7.11 Å². The van der Waals surface area contributed by atoms with Gasteiger partial charge in [0.25, 0.3) is 0 Å². The Morgan fingerprint density at radius 3 is 2.19 bits per heavy atom. The lowest BCUT2D eigenvalue weighted by molar-refractivity contribution is 0.0665. The molecule has 1 spiro atoms. The van der Waals surface area contributed by atoms with Gasteiger partial charge >= 0.3 is 0 Å². The number of ether oxygens (including phenoxy) is 2. The van der Waals surface area contributed by atoms with Gasteiger partial charge in [-0.2, -0.15) is 0 Å². The van der Waals surface area contributed by atoms with E-state index in [1.54, 1.807) is 61.7 Å². The molecule has 208 valence electrons. The molecule has 42 heavy (non-hydrogen) atoms. The largest absolute Gasteiger partial charge is 0.497 e. The summed E-state index contributed by atoms with van der Waals surface area (Å²) in [5.74, 6) is -0.708. The van der Waals surface area contributed by atoms with Crippen LogP contribution >= 0.6 is 11.6 Å². The van der Waals surface area contributed by atoms with Crippen LogP contribution in [0.2, 0.25) is 5.02 Å². The normalized spacial score (nSPS) is 21.2. The first-order chi connectivity index (χ1) is 20.4. The fourth-order valence-electron chi connectivity index (χ4n) is 7.14. The number of carbonyl (C=O) groups excluding carboxylic acids is 3. The van der Waals surface area contributed by atoms with Crippen LogP contribution in [0.5, 0.6) is 11.5 Å². The molecule has 6 nitrogen and oxygen atoms in total. The summed E-state index contributed by atoms with van der Waals surface area (Å²) >= 11 is 6.38. The molecule has 4 aromatic carbocycles. The molecule has 0 saturated carbocycles. The fourth-order valence-corrected chi connectivity index (χ4v) is 7.32. The van der Waals surface area contributed by atoms with Crippen molar-refractivity contribution in [3.63, 3.8) is 0 Å². The maximum atomic E-state index is 14.8. The molecule has 0 unspecified atom stereocenters. The summed E-state index contributed by atoms with van der Waals surface area (Å²) in [6, 6.07) is 25.0. The molecule has 0 aromatic heterocycles. The predicted octanol–water partition coefficient (Wildman–Crippen LogP) is 6.67.